The summed E-state index contributed by atoms with van der Waals surface area (Å²) in [7, 11) is 3.93. The Morgan fingerprint density at radius 3 is 1.72 bits per heavy atom. The maximum atomic E-state index is 15.8. The summed E-state index contributed by atoms with van der Waals surface area (Å²) in [5.74, 6) is -18.2. The molecule has 738 valence electrons. The number of imidazole rings is 1. The van der Waals surface area contributed by atoms with Gasteiger partial charge in [0.05, 0.1) is 31.7 Å². The lowest BCUT2D eigenvalue weighted by Crippen LogP contribution is -2.62. The number of phenolic OH excluding ortho intramolecular Hbond substituents is 1. The zero-order valence-electron chi connectivity index (χ0n) is 78.1. The van der Waals surface area contributed by atoms with Gasteiger partial charge in [-0.3, -0.25) is 86.9 Å². The van der Waals surface area contributed by atoms with Crippen molar-refractivity contribution in [2.45, 2.75) is 241 Å². The highest BCUT2D eigenvalue weighted by Gasteiger charge is 2.61. The number of nitrogens with zero attached hydrogens (tertiary/aromatic N) is 5. The average Bonchev–Trinajstić information content (AvgIpc) is 1.58. The van der Waals surface area contributed by atoms with Crippen molar-refractivity contribution >= 4 is 140 Å². The fraction of sp³-hybridized carbons (Fsp3) is 0.533. The number of guanidine groups is 1. The van der Waals surface area contributed by atoms with E-state index in [0.29, 0.717) is 69.9 Å². The Labute approximate surface area is 791 Å². The van der Waals surface area contributed by atoms with Gasteiger partial charge in [0, 0.05) is 112 Å². The van der Waals surface area contributed by atoms with E-state index >= 15 is 43.2 Å². The van der Waals surface area contributed by atoms with E-state index in [1.54, 1.807) is 81.7 Å². The van der Waals surface area contributed by atoms with Crippen LogP contribution in [0.4, 0.5) is 0 Å². The van der Waals surface area contributed by atoms with Crippen molar-refractivity contribution in [3.05, 3.63) is 120 Å². The summed E-state index contributed by atoms with van der Waals surface area (Å²) in [6.07, 6.45) is 6.16. The number of fused-ring (bicyclic) bond motifs is 3. The van der Waals surface area contributed by atoms with Gasteiger partial charge in [-0.2, -0.15) is 0 Å². The fourth-order valence-electron chi connectivity index (χ4n) is 16.9. The van der Waals surface area contributed by atoms with E-state index in [4.69, 9.17) is 22.6 Å². The van der Waals surface area contributed by atoms with Crippen molar-refractivity contribution in [3.63, 3.8) is 0 Å². The minimum absolute atomic E-state index is 0.000609. The number of thioether (sulfide) groups is 1. The summed E-state index contributed by atoms with van der Waals surface area (Å²) < 4.78 is 0. The van der Waals surface area contributed by atoms with Crippen LogP contribution in [0.2, 0.25) is 0 Å². The standard InChI is InChI=1S/C92H130N24O19S/c1-10-13-26-71-84(129)104-62(25-19-33-98-91(95)96)79(124)110-70(78(123)101-45-75(94)120)47-136-48-76(121)103-67(36-52-29-31-57(118)32-30-52)86(131)113(7)51(6)77(122)105-65(40-74(93)119)83(128)112-92(41-55(92)12-3)90(135)111-64(39-56-44-97-49-102-56)81(126)107-66(35-50(4)5)88(133)116-34-20-28-72(116)85(130)106-63(37-53-42-99-60-23-17-15-21-58(53)60)80(125)109-69(46-117)82(127)108-68(38-54-43-100-61-24-18-16-22-59(54)61)87(132)115(9)73(27-14-11-2)89(134)114(71)8/h15-18,21-24,29-32,42-44,49-51,55,62-73,99-100,117-118H,10-14,19-20,25-28,33-41,45-48H2,1-9H3,(H2,93,119)(H2,94,120)(H,97,102)(H,101,123)(H,103,121)(H,104,129)(H,105,122)(H,106,130)(H,107,126)(H,108,127)(H,109,125)(H,110,124)(H,111,135)(H,112,128)(H4,95,96,98)/t51-,55-,62-,63-,64-,65-,66-,67-,68-,69-,70?,71-,72-,73-,92-/m0/s1. The van der Waals surface area contributed by atoms with Gasteiger partial charge in [0.2, 0.25) is 100 Å². The molecule has 0 bridgehead atoms. The van der Waals surface area contributed by atoms with Crippen LogP contribution in [0, 0.1) is 17.2 Å². The lowest BCUT2D eigenvalue weighted by molar-refractivity contribution is -0.149. The quantitative estimate of drug-likeness (QED) is 0.0157. The van der Waals surface area contributed by atoms with Crippen molar-refractivity contribution in [1.29, 1.82) is 5.41 Å². The molecule has 3 aliphatic rings. The third kappa shape index (κ3) is 28.9. The van der Waals surface area contributed by atoms with E-state index in [1.807, 2.05) is 13.8 Å². The van der Waals surface area contributed by atoms with Crippen molar-refractivity contribution in [2.75, 3.05) is 58.9 Å². The Hall–Kier alpha value is -13.7. The number of hydrogen-bond acceptors (Lipinski definition) is 22. The predicted molar refractivity (Wildman–Crippen MR) is 503 cm³/mol. The number of para-hydroxylation sites is 2. The number of H-pyrrole nitrogens is 3. The lowest BCUT2D eigenvalue weighted by Gasteiger charge is -2.36. The Morgan fingerprint density at radius 2 is 1.13 bits per heavy atom. The van der Waals surface area contributed by atoms with Crippen LogP contribution in [0.5, 0.6) is 5.75 Å². The zero-order valence-corrected chi connectivity index (χ0v) is 78.9. The molecule has 1 unspecified atom stereocenters. The minimum atomic E-state index is -1.85. The normalized spacial score (nSPS) is 25.1. The van der Waals surface area contributed by atoms with Crippen LogP contribution < -0.4 is 81.0 Å². The first kappa shape index (κ1) is 106. The molecule has 3 aromatic carbocycles. The molecule has 24 N–H and O–H groups in total. The van der Waals surface area contributed by atoms with Gasteiger partial charge in [0.25, 0.3) is 0 Å². The van der Waals surface area contributed by atoms with E-state index in [1.165, 1.54) is 69.8 Å². The maximum absolute atomic E-state index is 15.8. The Morgan fingerprint density at radius 1 is 0.574 bits per heavy atom. The maximum Gasteiger partial charge on any atom is 0.246 e. The molecule has 3 aromatic heterocycles. The number of primary amides is 2. The Balaban J connectivity index is 1.10. The molecule has 3 fully saturated rings. The number of aromatic hydroxyl groups is 1. The number of nitrogens with two attached hydrogens (primary N) is 3. The first-order chi connectivity index (χ1) is 64.8. The number of benzene rings is 3. The van der Waals surface area contributed by atoms with Gasteiger partial charge in [-0.1, -0.05) is 115 Å². The van der Waals surface area contributed by atoms with Crippen LogP contribution in [0.1, 0.15) is 154 Å². The molecular weight excluding hydrogens is 1780 g/mol. The van der Waals surface area contributed by atoms with Crippen LogP contribution in [0.15, 0.2) is 97.7 Å². The molecule has 5 heterocycles. The summed E-state index contributed by atoms with van der Waals surface area (Å²) in [4.78, 5) is 269. The molecule has 0 radical (unpaired) electrons. The average molecular weight is 1910 g/mol. The summed E-state index contributed by atoms with van der Waals surface area (Å²) in [6.45, 7) is 8.47. The molecule has 1 saturated carbocycles. The number of unbranched alkanes of at least 4 members (excludes halogenated alkanes) is 2. The van der Waals surface area contributed by atoms with E-state index < -0.39 is 227 Å². The van der Waals surface area contributed by atoms with E-state index in [-0.39, 0.29) is 108 Å². The Bertz CT molecular complexity index is 5260. The molecule has 2 saturated heterocycles. The highest BCUT2D eigenvalue weighted by atomic mass is 32.2. The molecular formula is C92H130N24O19S. The van der Waals surface area contributed by atoms with E-state index in [0.717, 1.165) is 26.5 Å². The van der Waals surface area contributed by atoms with Gasteiger partial charge in [-0.15, -0.1) is 11.8 Å². The largest absolute Gasteiger partial charge is 0.508 e. The molecule has 44 heteroatoms. The second-order valence-corrected chi connectivity index (χ2v) is 36.3. The number of hydrogen-bond donors (Lipinski definition) is 21. The molecule has 136 heavy (non-hydrogen) atoms. The minimum Gasteiger partial charge on any atom is -0.508 e. The number of carbonyl (C=O) groups is 17. The molecule has 2 aliphatic heterocycles. The first-order valence-corrected chi connectivity index (χ1v) is 47.1. The van der Waals surface area contributed by atoms with Crippen LogP contribution in [-0.2, 0) is 107 Å². The van der Waals surface area contributed by atoms with Crippen LogP contribution in [0.25, 0.3) is 21.8 Å². The van der Waals surface area contributed by atoms with Gasteiger partial charge in [0.15, 0.2) is 5.96 Å². The third-order valence-electron chi connectivity index (χ3n) is 24.8. The van der Waals surface area contributed by atoms with Crippen LogP contribution in [-0.4, -0.2) is 299 Å². The number of amides is 17. The van der Waals surface area contributed by atoms with Gasteiger partial charge in [0.1, 0.15) is 89.8 Å². The number of aliphatic hydroxyl groups excluding tert-OH is 1. The van der Waals surface area contributed by atoms with Crippen molar-refractivity contribution in [3.8, 4) is 5.75 Å². The summed E-state index contributed by atoms with van der Waals surface area (Å²) in [5.41, 5.74) is 18.1. The number of aromatic amines is 3. The van der Waals surface area contributed by atoms with Gasteiger partial charge in [-0.25, -0.2) is 4.98 Å². The number of aromatic nitrogens is 4. The second-order valence-electron chi connectivity index (χ2n) is 35.3. The summed E-state index contributed by atoms with van der Waals surface area (Å²) in [6, 6.07) is -0.167. The number of nitrogens with one attached hydrogen (secondary N) is 16. The van der Waals surface area contributed by atoms with Gasteiger partial charge < -0.3 is 126 Å². The molecule has 6 aromatic rings. The summed E-state index contributed by atoms with van der Waals surface area (Å²) >= 11 is 0.764. The van der Waals surface area contributed by atoms with Gasteiger partial charge in [-0.05, 0) is 111 Å². The van der Waals surface area contributed by atoms with E-state index in [9.17, 15) is 48.6 Å². The lowest BCUT2D eigenvalue weighted by atomic mass is 10.00. The predicted octanol–water partition coefficient (Wildman–Crippen LogP) is -1.61. The fourth-order valence-corrected chi connectivity index (χ4v) is 17.8. The van der Waals surface area contributed by atoms with Gasteiger partial charge >= 0.3 is 0 Å². The van der Waals surface area contributed by atoms with E-state index in [2.05, 4.69) is 83.7 Å². The van der Waals surface area contributed by atoms with Crippen LogP contribution in [0.3, 0.4) is 0 Å². The smallest absolute Gasteiger partial charge is 0.246 e. The topological polar surface area (TPSA) is 650 Å². The number of likely N-dealkylation sites (N-methyl/N-ethyl adjacent to an activating group) is 3. The van der Waals surface area contributed by atoms with Crippen molar-refractivity contribution in [1.82, 2.24) is 103 Å². The summed E-state index contributed by atoms with van der Waals surface area (Å²) in [5, 5.41) is 62.7. The van der Waals surface area contributed by atoms with Crippen LogP contribution >= 0.6 is 11.8 Å². The second kappa shape index (κ2) is 50.1. The molecule has 17 amide bonds. The molecule has 9 rings (SSSR count). The number of carbonyl (C=O) groups excluding carboxylic acids is 17. The SMILES string of the molecule is CCCC[C@H]1C(=O)N(C)[C@@H](CCCC)C(=O)N[C@@H](CCCNC(=N)N)C(=O)NC(C(=O)NCC(N)=O)CSCC(=O)N[C@@H](Cc2ccc(O)cc2)C(=O)N(C)[C@@H](C)C(=O)N[C@@H](CC(N)=O)C(=O)N[C@]2(C[C@@H]2CC)C(=O)N[C@@H](Cc2cnc[nH]2)C(=O)N[C@@H](CC(C)C)C(=O)N2CCC[C@H]2C(=O)N[C@@H](Cc2c[nH]c3ccccc23)C(=O)N[C@@H](CO)C(=O)N[C@@H](Cc2c[nH]c3ccccc23)C(=O)N1C. The molecule has 1 spiro atoms. The monoisotopic (exact) mass is 1910 g/mol. The number of aliphatic hydroxyl groups is 1. The first-order valence-electron chi connectivity index (χ1n) is 45.9. The number of rotatable bonds is 27. The van der Waals surface area contributed by atoms with Crippen molar-refractivity contribution in [2.24, 2.45) is 29.0 Å². The molecule has 43 nitrogen and oxygen atoms in total. The molecule has 1 aliphatic carbocycles. The van der Waals surface area contributed by atoms with Crippen molar-refractivity contribution < 1.29 is 91.7 Å². The zero-order chi connectivity index (χ0) is 99.4. The third-order valence-corrected chi connectivity index (χ3v) is 25.8. The highest BCUT2D eigenvalue weighted by Crippen LogP contribution is 2.46. The Kier molecular flexibility index (Phi) is 39.0. The highest BCUT2D eigenvalue weighted by molar-refractivity contribution is 8.00. The number of phenols is 1. The molecule has 15 atom stereocenters.